The Hall–Kier alpha value is -3.32. The van der Waals surface area contributed by atoms with E-state index in [2.05, 4.69) is 5.32 Å². The molecule has 1 aliphatic rings. The van der Waals surface area contributed by atoms with Crippen molar-refractivity contribution < 1.29 is 24.2 Å². The van der Waals surface area contributed by atoms with E-state index in [9.17, 15) is 14.7 Å². The lowest BCUT2D eigenvalue weighted by Gasteiger charge is -2.15. The minimum absolute atomic E-state index is 0.429. The van der Waals surface area contributed by atoms with Crippen LogP contribution in [0.3, 0.4) is 0 Å². The zero-order chi connectivity index (χ0) is 20.4. The van der Waals surface area contributed by atoms with E-state index in [1.807, 2.05) is 28.8 Å². The molecule has 0 radical (unpaired) electrons. The van der Waals surface area contributed by atoms with Gasteiger partial charge in [-0.3, -0.25) is 4.79 Å². The summed E-state index contributed by atoms with van der Waals surface area (Å²) in [5.74, 6) is -0.771. The van der Waals surface area contributed by atoms with E-state index in [0.29, 0.717) is 30.9 Å². The van der Waals surface area contributed by atoms with Gasteiger partial charge in [-0.2, -0.15) is 0 Å². The summed E-state index contributed by atoms with van der Waals surface area (Å²) >= 11 is 0. The van der Waals surface area contributed by atoms with E-state index < -0.39 is 17.9 Å². The summed E-state index contributed by atoms with van der Waals surface area (Å²) in [5.41, 5.74) is 2.82. The van der Waals surface area contributed by atoms with Gasteiger partial charge in [-0.15, -0.1) is 0 Å². The van der Waals surface area contributed by atoms with Gasteiger partial charge in [-0.05, 0) is 29.3 Å². The van der Waals surface area contributed by atoms with Gasteiger partial charge in [0, 0.05) is 37.2 Å². The van der Waals surface area contributed by atoms with Crippen LogP contribution in [0.5, 0.6) is 5.75 Å². The molecule has 2 heterocycles. The van der Waals surface area contributed by atoms with Gasteiger partial charge in [0.1, 0.15) is 5.75 Å². The lowest BCUT2D eigenvalue weighted by Crippen LogP contribution is -2.33. The molecule has 1 amide bonds. The van der Waals surface area contributed by atoms with Crippen molar-refractivity contribution in [1.29, 1.82) is 0 Å². The monoisotopic (exact) mass is 394 g/mol. The standard InChI is InChI=1S/C22H22N2O5/c1-28-11-9-24-13-17(16-4-2-3-5-18(16)24)21(25)23-20(22(26)27)15-6-7-19-14(12-15)8-10-29-19/h2-7,12-13,20H,8-11H2,1H3,(H,23,25)(H,26,27). The number of nitrogens with zero attached hydrogens (tertiary/aromatic N) is 1. The molecular weight excluding hydrogens is 372 g/mol. The number of para-hydroxylation sites is 1. The van der Waals surface area contributed by atoms with Crippen molar-refractivity contribution in [2.24, 2.45) is 0 Å². The number of nitrogens with one attached hydrogen (secondary N) is 1. The van der Waals surface area contributed by atoms with Crippen LogP contribution in [-0.4, -0.2) is 41.9 Å². The summed E-state index contributed by atoms with van der Waals surface area (Å²) in [5, 5.41) is 13.2. The second-order valence-electron chi connectivity index (χ2n) is 6.96. The van der Waals surface area contributed by atoms with Gasteiger partial charge in [-0.1, -0.05) is 24.3 Å². The molecule has 2 N–H and O–H groups in total. The molecule has 0 bridgehead atoms. The van der Waals surface area contributed by atoms with Gasteiger partial charge in [-0.25, -0.2) is 4.79 Å². The van der Waals surface area contributed by atoms with Crippen molar-refractivity contribution in [2.75, 3.05) is 20.3 Å². The van der Waals surface area contributed by atoms with E-state index in [0.717, 1.165) is 28.6 Å². The van der Waals surface area contributed by atoms with E-state index >= 15 is 0 Å². The average molecular weight is 394 g/mol. The van der Waals surface area contributed by atoms with Gasteiger partial charge in [0.2, 0.25) is 0 Å². The number of rotatable bonds is 7. The molecular formula is C22H22N2O5. The normalized spacial score (nSPS) is 13.7. The predicted octanol–water partition coefficient (Wildman–Crippen LogP) is 2.78. The fourth-order valence-corrected chi connectivity index (χ4v) is 3.68. The smallest absolute Gasteiger partial charge is 0.330 e. The third-order valence-corrected chi connectivity index (χ3v) is 5.14. The number of hydrogen-bond acceptors (Lipinski definition) is 4. The van der Waals surface area contributed by atoms with Crippen molar-refractivity contribution in [1.82, 2.24) is 9.88 Å². The lowest BCUT2D eigenvalue weighted by atomic mass is 10.0. The highest BCUT2D eigenvalue weighted by molar-refractivity contribution is 6.08. The number of hydrogen-bond donors (Lipinski definition) is 2. The molecule has 2 aromatic carbocycles. The quantitative estimate of drug-likeness (QED) is 0.643. The van der Waals surface area contributed by atoms with Gasteiger partial charge in [0.25, 0.3) is 5.91 Å². The molecule has 7 nitrogen and oxygen atoms in total. The van der Waals surface area contributed by atoms with Gasteiger partial charge >= 0.3 is 5.97 Å². The molecule has 7 heteroatoms. The molecule has 0 spiro atoms. The Morgan fingerprint density at radius 2 is 2.10 bits per heavy atom. The first-order valence-corrected chi connectivity index (χ1v) is 9.44. The summed E-state index contributed by atoms with van der Waals surface area (Å²) in [6, 6.07) is 11.6. The van der Waals surface area contributed by atoms with Crippen molar-refractivity contribution >= 4 is 22.8 Å². The van der Waals surface area contributed by atoms with Crippen LogP contribution in [0.15, 0.2) is 48.7 Å². The highest BCUT2D eigenvalue weighted by Crippen LogP contribution is 2.29. The zero-order valence-corrected chi connectivity index (χ0v) is 16.1. The molecule has 1 aromatic heterocycles. The van der Waals surface area contributed by atoms with Crippen LogP contribution in [0.4, 0.5) is 0 Å². The van der Waals surface area contributed by atoms with Gasteiger partial charge < -0.3 is 24.5 Å². The number of amides is 1. The Labute approximate surface area is 167 Å². The van der Waals surface area contributed by atoms with E-state index in [4.69, 9.17) is 9.47 Å². The summed E-state index contributed by atoms with van der Waals surface area (Å²) in [4.78, 5) is 24.9. The second-order valence-corrected chi connectivity index (χ2v) is 6.96. The van der Waals surface area contributed by atoms with Gasteiger partial charge in [0.15, 0.2) is 6.04 Å². The number of carboxylic acids is 1. The molecule has 0 aliphatic carbocycles. The highest BCUT2D eigenvalue weighted by Gasteiger charge is 2.26. The second kappa shape index (κ2) is 7.97. The third kappa shape index (κ3) is 3.69. The molecule has 1 unspecified atom stereocenters. The fourth-order valence-electron chi connectivity index (χ4n) is 3.68. The number of benzene rings is 2. The summed E-state index contributed by atoms with van der Waals surface area (Å²) in [6.45, 7) is 1.69. The first-order valence-electron chi connectivity index (χ1n) is 9.44. The van der Waals surface area contributed by atoms with E-state index in [1.165, 1.54) is 0 Å². The van der Waals surface area contributed by atoms with Crippen LogP contribution in [0.2, 0.25) is 0 Å². The molecule has 4 rings (SSSR count). The molecule has 0 saturated heterocycles. The van der Waals surface area contributed by atoms with Crippen LogP contribution < -0.4 is 10.1 Å². The Bertz CT molecular complexity index is 1070. The third-order valence-electron chi connectivity index (χ3n) is 5.14. The number of methoxy groups -OCH3 is 1. The summed E-state index contributed by atoms with van der Waals surface area (Å²) < 4.78 is 12.6. The number of ether oxygens (including phenoxy) is 2. The number of aromatic nitrogens is 1. The zero-order valence-electron chi connectivity index (χ0n) is 16.1. The van der Waals surface area contributed by atoms with Crippen LogP contribution in [-0.2, 0) is 22.5 Å². The topological polar surface area (TPSA) is 89.8 Å². The SMILES string of the molecule is COCCn1cc(C(=O)NC(C(=O)O)c2ccc3c(c2)CCO3)c2ccccc21. The van der Waals surface area contributed by atoms with Crippen molar-refractivity contribution in [3.8, 4) is 5.75 Å². The van der Waals surface area contributed by atoms with Crippen molar-refractivity contribution in [3.63, 3.8) is 0 Å². The van der Waals surface area contributed by atoms with E-state index in [1.54, 1.807) is 31.5 Å². The Morgan fingerprint density at radius 1 is 1.28 bits per heavy atom. The maximum absolute atomic E-state index is 13.0. The van der Waals surface area contributed by atoms with Gasteiger partial charge in [0.05, 0.1) is 18.8 Å². The number of carbonyl (C=O) groups is 2. The number of fused-ring (bicyclic) bond motifs is 2. The van der Waals surface area contributed by atoms with Crippen LogP contribution >= 0.6 is 0 Å². The van der Waals surface area contributed by atoms with Crippen LogP contribution in [0, 0.1) is 0 Å². The Balaban J connectivity index is 1.64. The lowest BCUT2D eigenvalue weighted by molar-refractivity contribution is -0.139. The van der Waals surface area contributed by atoms with Crippen LogP contribution in [0.25, 0.3) is 10.9 Å². The molecule has 150 valence electrons. The Kier molecular flexibility index (Phi) is 5.22. The molecule has 3 aromatic rings. The molecule has 0 fully saturated rings. The largest absolute Gasteiger partial charge is 0.493 e. The van der Waals surface area contributed by atoms with Crippen molar-refractivity contribution in [2.45, 2.75) is 19.0 Å². The minimum atomic E-state index is -1.14. The molecule has 29 heavy (non-hydrogen) atoms. The predicted molar refractivity (Wildman–Crippen MR) is 107 cm³/mol. The van der Waals surface area contributed by atoms with Crippen LogP contribution in [0.1, 0.15) is 27.5 Å². The summed E-state index contributed by atoms with van der Waals surface area (Å²) in [6.07, 6.45) is 2.48. The number of aliphatic carboxylic acids is 1. The van der Waals surface area contributed by atoms with Crippen molar-refractivity contribution in [3.05, 3.63) is 65.4 Å². The Morgan fingerprint density at radius 3 is 2.90 bits per heavy atom. The van der Waals surface area contributed by atoms with E-state index in [-0.39, 0.29) is 0 Å². The number of carbonyl (C=O) groups excluding carboxylic acids is 1. The molecule has 1 atom stereocenters. The molecule has 0 saturated carbocycles. The summed E-state index contributed by atoms with van der Waals surface area (Å²) in [7, 11) is 1.62. The first-order chi connectivity index (χ1) is 14.1. The first kappa shape index (κ1) is 19.0. The fraction of sp³-hybridized carbons (Fsp3) is 0.273. The molecule has 1 aliphatic heterocycles. The average Bonchev–Trinajstić information content (AvgIpc) is 3.34. The maximum atomic E-state index is 13.0. The maximum Gasteiger partial charge on any atom is 0.330 e. The minimum Gasteiger partial charge on any atom is -0.493 e. The highest BCUT2D eigenvalue weighted by atomic mass is 16.5. The number of carboxylic acid groups (broad SMARTS) is 1.